The van der Waals surface area contributed by atoms with Gasteiger partial charge in [-0.15, -0.1) is 11.8 Å². The summed E-state index contributed by atoms with van der Waals surface area (Å²) in [5.74, 6) is 1.35. The van der Waals surface area contributed by atoms with Crippen molar-refractivity contribution >= 4 is 23.4 Å². The zero-order valence-electron chi connectivity index (χ0n) is 14.7. The third-order valence-electron chi connectivity index (χ3n) is 3.77. The fourth-order valence-corrected chi connectivity index (χ4v) is 2.69. The van der Waals surface area contributed by atoms with E-state index in [9.17, 15) is 4.79 Å². The van der Waals surface area contributed by atoms with Crippen molar-refractivity contribution in [1.29, 1.82) is 0 Å². The van der Waals surface area contributed by atoms with Crippen molar-refractivity contribution in [3.63, 3.8) is 0 Å². The van der Waals surface area contributed by atoms with E-state index in [0.29, 0.717) is 11.7 Å². The minimum atomic E-state index is -0.133. The van der Waals surface area contributed by atoms with Gasteiger partial charge in [0, 0.05) is 10.8 Å². The molecular formula is C17H24N4O2S. The summed E-state index contributed by atoms with van der Waals surface area (Å²) in [5, 5.41) is 6.93. The fraction of sp³-hybridized carbons (Fsp3) is 0.471. The lowest BCUT2D eigenvalue weighted by molar-refractivity contribution is -0.117. The van der Waals surface area contributed by atoms with Crippen LogP contribution < -0.4 is 5.32 Å². The number of nitrogens with one attached hydrogen (secondary N) is 1. The molecule has 1 aromatic heterocycles. The highest BCUT2D eigenvalue weighted by molar-refractivity contribution is 7.98. The van der Waals surface area contributed by atoms with Crippen LogP contribution in [0.3, 0.4) is 0 Å². The first-order valence-electron chi connectivity index (χ1n) is 7.89. The smallest absolute Gasteiger partial charge is 0.243 e. The Morgan fingerprint density at radius 3 is 2.67 bits per heavy atom. The number of benzene rings is 1. The number of amides is 1. The van der Waals surface area contributed by atoms with Crippen molar-refractivity contribution in [2.45, 2.75) is 37.6 Å². The van der Waals surface area contributed by atoms with E-state index < -0.39 is 0 Å². The number of rotatable bonds is 7. The van der Waals surface area contributed by atoms with Gasteiger partial charge in [0.1, 0.15) is 0 Å². The molecule has 1 atom stereocenters. The molecule has 0 radical (unpaired) electrons. The molecule has 1 aromatic carbocycles. The average molecular weight is 348 g/mol. The number of thioether (sulfide) groups is 1. The SMILES string of the molecule is CSc1ccccc1NC(=O)CN(C)C(C)c1nc(C(C)C)no1. The second-order valence-corrected chi connectivity index (χ2v) is 6.83. The number of carbonyl (C=O) groups is 1. The normalized spacial score (nSPS) is 12.6. The maximum atomic E-state index is 12.3. The molecule has 0 bridgehead atoms. The standard InChI is InChI=1S/C17H24N4O2S/c1-11(2)16-19-17(23-20-16)12(3)21(4)10-15(22)18-13-8-6-7-9-14(13)24-5/h6-9,11-12H,10H2,1-5H3,(H,18,22). The molecule has 0 aliphatic rings. The van der Waals surface area contributed by atoms with Crippen LogP contribution in [0, 0.1) is 0 Å². The fourth-order valence-electron chi connectivity index (χ4n) is 2.14. The van der Waals surface area contributed by atoms with E-state index in [0.717, 1.165) is 10.6 Å². The van der Waals surface area contributed by atoms with Crippen molar-refractivity contribution in [2.75, 3.05) is 25.2 Å². The molecule has 1 unspecified atom stereocenters. The molecule has 7 heteroatoms. The minimum absolute atomic E-state index is 0.0746. The van der Waals surface area contributed by atoms with Gasteiger partial charge in [-0.25, -0.2) is 0 Å². The molecule has 2 rings (SSSR count). The lowest BCUT2D eigenvalue weighted by atomic mass is 10.2. The van der Waals surface area contributed by atoms with Gasteiger partial charge in [-0.1, -0.05) is 31.1 Å². The Kier molecular flexibility index (Phi) is 6.39. The summed E-state index contributed by atoms with van der Waals surface area (Å²) in [5.41, 5.74) is 0.830. The number of aromatic nitrogens is 2. The van der Waals surface area contributed by atoms with Crippen molar-refractivity contribution in [1.82, 2.24) is 15.0 Å². The van der Waals surface area contributed by atoms with Gasteiger partial charge >= 0.3 is 0 Å². The Balaban J connectivity index is 1.97. The highest BCUT2D eigenvalue weighted by Crippen LogP contribution is 2.25. The van der Waals surface area contributed by atoms with Gasteiger partial charge < -0.3 is 9.84 Å². The Morgan fingerprint density at radius 2 is 2.04 bits per heavy atom. The monoisotopic (exact) mass is 348 g/mol. The van der Waals surface area contributed by atoms with E-state index >= 15 is 0 Å². The van der Waals surface area contributed by atoms with Gasteiger partial charge in [0.25, 0.3) is 0 Å². The van der Waals surface area contributed by atoms with Gasteiger partial charge in [-0.3, -0.25) is 9.69 Å². The molecule has 130 valence electrons. The van der Waals surface area contributed by atoms with E-state index in [1.807, 2.05) is 63.2 Å². The zero-order valence-corrected chi connectivity index (χ0v) is 15.6. The lowest BCUT2D eigenvalue weighted by Crippen LogP contribution is -2.32. The number of hydrogen-bond acceptors (Lipinski definition) is 6. The van der Waals surface area contributed by atoms with Crippen LogP contribution in [0.5, 0.6) is 0 Å². The molecule has 0 saturated heterocycles. The molecular weight excluding hydrogens is 324 g/mol. The quantitative estimate of drug-likeness (QED) is 0.772. The van der Waals surface area contributed by atoms with Crippen molar-refractivity contribution < 1.29 is 9.32 Å². The Hall–Kier alpha value is -1.86. The third-order valence-corrected chi connectivity index (χ3v) is 4.56. The molecule has 2 aromatic rings. The number of carbonyl (C=O) groups excluding carboxylic acids is 1. The largest absolute Gasteiger partial charge is 0.338 e. The van der Waals surface area contributed by atoms with Gasteiger partial charge in [-0.05, 0) is 32.4 Å². The number of anilines is 1. The summed E-state index contributed by atoms with van der Waals surface area (Å²) in [6.07, 6.45) is 1.99. The van der Waals surface area contributed by atoms with E-state index in [2.05, 4.69) is 15.5 Å². The summed E-state index contributed by atoms with van der Waals surface area (Å²) >= 11 is 1.60. The summed E-state index contributed by atoms with van der Waals surface area (Å²) in [6.45, 7) is 6.21. The second kappa shape index (κ2) is 8.30. The number of likely N-dealkylation sites (N-methyl/N-ethyl adjacent to an activating group) is 1. The summed E-state index contributed by atoms with van der Waals surface area (Å²) in [4.78, 5) is 19.6. The zero-order chi connectivity index (χ0) is 17.7. The molecule has 24 heavy (non-hydrogen) atoms. The Bertz CT molecular complexity index is 687. The van der Waals surface area contributed by atoms with E-state index in [4.69, 9.17) is 4.52 Å². The van der Waals surface area contributed by atoms with Crippen LogP contribution in [0.1, 0.15) is 44.4 Å². The van der Waals surface area contributed by atoms with Crippen LogP contribution in [-0.2, 0) is 4.79 Å². The van der Waals surface area contributed by atoms with Gasteiger partial charge in [-0.2, -0.15) is 4.98 Å². The first-order valence-corrected chi connectivity index (χ1v) is 9.11. The van der Waals surface area contributed by atoms with E-state index in [-0.39, 0.29) is 24.4 Å². The molecule has 0 saturated carbocycles. The Morgan fingerprint density at radius 1 is 1.33 bits per heavy atom. The second-order valence-electron chi connectivity index (χ2n) is 5.99. The summed E-state index contributed by atoms with van der Waals surface area (Å²) < 4.78 is 5.31. The average Bonchev–Trinajstić information content (AvgIpc) is 3.04. The van der Waals surface area contributed by atoms with Crippen molar-refractivity contribution in [2.24, 2.45) is 0 Å². The predicted molar refractivity (Wildman–Crippen MR) is 96.3 cm³/mol. The van der Waals surface area contributed by atoms with Crippen molar-refractivity contribution in [3.8, 4) is 0 Å². The molecule has 6 nitrogen and oxygen atoms in total. The maximum absolute atomic E-state index is 12.3. The third kappa shape index (κ3) is 4.58. The van der Waals surface area contributed by atoms with E-state index in [1.165, 1.54) is 0 Å². The first kappa shape index (κ1) is 18.5. The molecule has 0 fully saturated rings. The van der Waals surface area contributed by atoms with Gasteiger partial charge in [0.15, 0.2) is 5.82 Å². The molecule has 0 aliphatic heterocycles. The first-order chi connectivity index (χ1) is 11.4. The number of hydrogen-bond donors (Lipinski definition) is 1. The van der Waals surface area contributed by atoms with E-state index in [1.54, 1.807) is 11.8 Å². The van der Waals surface area contributed by atoms with Crippen LogP contribution in [0.4, 0.5) is 5.69 Å². The summed E-state index contributed by atoms with van der Waals surface area (Å²) in [6, 6.07) is 7.62. The molecule has 1 amide bonds. The molecule has 1 heterocycles. The highest BCUT2D eigenvalue weighted by Gasteiger charge is 2.21. The maximum Gasteiger partial charge on any atom is 0.243 e. The highest BCUT2D eigenvalue weighted by atomic mass is 32.2. The molecule has 0 aliphatic carbocycles. The Labute approximate surface area is 147 Å². The summed E-state index contributed by atoms with van der Waals surface area (Å²) in [7, 11) is 1.87. The minimum Gasteiger partial charge on any atom is -0.338 e. The van der Waals surface area contributed by atoms with Gasteiger partial charge in [0.2, 0.25) is 11.8 Å². The van der Waals surface area contributed by atoms with Crippen LogP contribution in [-0.4, -0.2) is 40.8 Å². The predicted octanol–water partition coefficient (Wildman–Crippen LogP) is 3.55. The van der Waals surface area contributed by atoms with Gasteiger partial charge in [0.05, 0.1) is 18.3 Å². The number of nitrogens with zero attached hydrogens (tertiary/aromatic N) is 3. The van der Waals surface area contributed by atoms with Crippen LogP contribution in [0.15, 0.2) is 33.7 Å². The van der Waals surface area contributed by atoms with Crippen LogP contribution >= 0.6 is 11.8 Å². The molecule has 1 N–H and O–H groups in total. The van der Waals surface area contributed by atoms with Crippen LogP contribution in [0.25, 0.3) is 0 Å². The van der Waals surface area contributed by atoms with Crippen molar-refractivity contribution in [3.05, 3.63) is 36.0 Å². The lowest BCUT2D eigenvalue weighted by Gasteiger charge is -2.21. The molecule has 0 spiro atoms. The topological polar surface area (TPSA) is 71.3 Å². The number of para-hydroxylation sites is 1. The van der Waals surface area contributed by atoms with Crippen LogP contribution in [0.2, 0.25) is 0 Å².